The maximum atomic E-state index is 5.30. The molecule has 0 aliphatic heterocycles. The molecule has 4 rings (SSSR count). The molecule has 0 radical (unpaired) electrons. The lowest BCUT2D eigenvalue weighted by Gasteiger charge is -2.12. The minimum Gasteiger partial charge on any atom is -0.497 e. The molecular weight excluding hydrogens is 334 g/mol. The zero-order chi connectivity index (χ0) is 18.8. The Bertz CT molecular complexity index is 983. The first kappa shape index (κ1) is 17.0. The fraction of sp³-hybridized carbons (Fsp3) is 0.130. The number of ether oxygens (including phenoxy) is 1. The molecule has 0 saturated heterocycles. The summed E-state index contributed by atoms with van der Waals surface area (Å²) in [5.74, 6) is 2.45. The quantitative estimate of drug-likeness (QED) is 0.503. The first-order valence-corrected chi connectivity index (χ1v) is 8.89. The van der Waals surface area contributed by atoms with E-state index in [1.54, 1.807) is 7.11 Å². The molecule has 4 aromatic rings. The summed E-state index contributed by atoms with van der Waals surface area (Å²) >= 11 is 0. The zero-order valence-corrected chi connectivity index (χ0v) is 15.7. The van der Waals surface area contributed by atoms with Crippen molar-refractivity contribution in [1.82, 2.24) is 14.8 Å². The van der Waals surface area contributed by atoms with Crippen molar-refractivity contribution in [2.75, 3.05) is 7.11 Å². The van der Waals surface area contributed by atoms with Crippen molar-refractivity contribution in [3.05, 3.63) is 83.9 Å². The van der Waals surface area contributed by atoms with Crippen molar-refractivity contribution in [3.63, 3.8) is 0 Å². The van der Waals surface area contributed by atoms with Gasteiger partial charge in [-0.2, -0.15) is 0 Å². The van der Waals surface area contributed by atoms with Crippen LogP contribution in [-0.4, -0.2) is 21.9 Å². The Kier molecular flexibility index (Phi) is 4.47. The lowest BCUT2D eigenvalue weighted by molar-refractivity contribution is 0.415. The van der Waals surface area contributed by atoms with Crippen LogP contribution in [0.15, 0.2) is 72.8 Å². The van der Waals surface area contributed by atoms with Crippen molar-refractivity contribution in [2.24, 2.45) is 0 Å². The molecule has 134 valence electrons. The summed E-state index contributed by atoms with van der Waals surface area (Å²) in [6, 6.07) is 24.6. The average molecular weight is 355 g/mol. The molecule has 4 nitrogen and oxygen atoms in total. The number of aryl methyl sites for hydroxylation is 2. The van der Waals surface area contributed by atoms with E-state index in [1.807, 2.05) is 24.3 Å². The lowest BCUT2D eigenvalue weighted by atomic mass is 10.1. The number of rotatable bonds is 4. The molecule has 0 amide bonds. The maximum Gasteiger partial charge on any atom is 0.168 e. The normalized spacial score (nSPS) is 10.8. The van der Waals surface area contributed by atoms with Crippen molar-refractivity contribution >= 4 is 0 Å². The highest BCUT2D eigenvalue weighted by Gasteiger charge is 2.17. The molecule has 0 atom stereocenters. The largest absolute Gasteiger partial charge is 0.497 e. The van der Waals surface area contributed by atoms with Gasteiger partial charge in [-0.3, -0.25) is 4.57 Å². The first-order valence-electron chi connectivity index (χ1n) is 8.89. The van der Waals surface area contributed by atoms with Crippen molar-refractivity contribution in [3.8, 4) is 34.2 Å². The molecule has 0 bridgehead atoms. The van der Waals surface area contributed by atoms with Crippen LogP contribution in [0.2, 0.25) is 0 Å². The van der Waals surface area contributed by atoms with Crippen LogP contribution in [0.4, 0.5) is 0 Å². The second-order valence-electron chi connectivity index (χ2n) is 6.61. The van der Waals surface area contributed by atoms with Crippen LogP contribution in [0.25, 0.3) is 28.5 Å². The summed E-state index contributed by atoms with van der Waals surface area (Å²) < 4.78 is 7.39. The monoisotopic (exact) mass is 355 g/mol. The minimum atomic E-state index is 0.816. The predicted molar refractivity (Wildman–Crippen MR) is 108 cm³/mol. The van der Waals surface area contributed by atoms with Crippen LogP contribution in [0.3, 0.4) is 0 Å². The molecule has 0 spiro atoms. The molecule has 0 N–H and O–H groups in total. The third-order valence-corrected chi connectivity index (χ3v) is 4.61. The summed E-state index contributed by atoms with van der Waals surface area (Å²) in [4.78, 5) is 0. The number of benzene rings is 3. The van der Waals surface area contributed by atoms with Crippen molar-refractivity contribution in [1.29, 1.82) is 0 Å². The van der Waals surface area contributed by atoms with E-state index in [9.17, 15) is 0 Å². The van der Waals surface area contributed by atoms with Gasteiger partial charge < -0.3 is 4.74 Å². The second kappa shape index (κ2) is 7.08. The van der Waals surface area contributed by atoms with E-state index in [0.717, 1.165) is 34.2 Å². The van der Waals surface area contributed by atoms with Crippen molar-refractivity contribution < 1.29 is 4.74 Å². The van der Waals surface area contributed by atoms with Crippen LogP contribution in [0.1, 0.15) is 11.1 Å². The predicted octanol–water partition coefficient (Wildman–Crippen LogP) is 5.23. The molecular formula is C23H21N3O. The molecule has 0 aliphatic rings. The van der Waals surface area contributed by atoms with Gasteiger partial charge in [-0.15, -0.1) is 10.2 Å². The Hall–Kier alpha value is -3.40. The molecule has 4 heteroatoms. The molecule has 0 aliphatic carbocycles. The van der Waals surface area contributed by atoms with Gasteiger partial charge in [0.1, 0.15) is 5.75 Å². The SMILES string of the molecule is COc1ccc(-n2c(-c3ccc(C)cc3)nnc2-c2ccc(C)cc2)cc1. The van der Waals surface area contributed by atoms with Gasteiger partial charge in [0.15, 0.2) is 11.6 Å². The summed E-state index contributed by atoms with van der Waals surface area (Å²) in [5, 5.41) is 9.03. The van der Waals surface area contributed by atoms with E-state index >= 15 is 0 Å². The smallest absolute Gasteiger partial charge is 0.168 e. The fourth-order valence-corrected chi connectivity index (χ4v) is 3.04. The van der Waals surface area contributed by atoms with Crippen LogP contribution in [0, 0.1) is 13.8 Å². The number of nitrogens with zero attached hydrogens (tertiary/aromatic N) is 3. The number of hydrogen-bond acceptors (Lipinski definition) is 3. The van der Waals surface area contributed by atoms with Crippen molar-refractivity contribution in [2.45, 2.75) is 13.8 Å². The summed E-state index contributed by atoms with van der Waals surface area (Å²) in [6.45, 7) is 4.16. The van der Waals surface area contributed by atoms with Gasteiger partial charge in [0, 0.05) is 16.8 Å². The molecule has 27 heavy (non-hydrogen) atoms. The van der Waals surface area contributed by atoms with Gasteiger partial charge in [-0.25, -0.2) is 0 Å². The highest BCUT2D eigenvalue weighted by molar-refractivity contribution is 5.67. The molecule has 0 fully saturated rings. The number of aromatic nitrogens is 3. The highest BCUT2D eigenvalue weighted by Crippen LogP contribution is 2.29. The van der Waals surface area contributed by atoms with Crippen LogP contribution in [0.5, 0.6) is 5.75 Å². The van der Waals surface area contributed by atoms with Gasteiger partial charge in [0.2, 0.25) is 0 Å². The van der Waals surface area contributed by atoms with Gasteiger partial charge in [-0.1, -0.05) is 59.7 Å². The molecule has 0 saturated carbocycles. The summed E-state index contributed by atoms with van der Waals surface area (Å²) in [7, 11) is 1.67. The van der Waals surface area contributed by atoms with Gasteiger partial charge >= 0.3 is 0 Å². The second-order valence-corrected chi connectivity index (χ2v) is 6.61. The van der Waals surface area contributed by atoms with E-state index in [2.05, 4.69) is 77.1 Å². The Labute approximate surface area is 159 Å². The number of hydrogen-bond donors (Lipinski definition) is 0. The maximum absolute atomic E-state index is 5.30. The van der Waals surface area contributed by atoms with E-state index in [1.165, 1.54) is 11.1 Å². The topological polar surface area (TPSA) is 39.9 Å². The van der Waals surface area contributed by atoms with Gasteiger partial charge in [-0.05, 0) is 38.1 Å². The Morgan fingerprint density at radius 3 is 1.48 bits per heavy atom. The van der Waals surface area contributed by atoms with E-state index in [4.69, 9.17) is 4.74 Å². The van der Waals surface area contributed by atoms with Gasteiger partial charge in [0.25, 0.3) is 0 Å². The summed E-state index contributed by atoms with van der Waals surface area (Å²) in [6.07, 6.45) is 0. The van der Waals surface area contributed by atoms with E-state index < -0.39 is 0 Å². The Morgan fingerprint density at radius 1 is 0.630 bits per heavy atom. The minimum absolute atomic E-state index is 0.816. The van der Waals surface area contributed by atoms with E-state index in [-0.39, 0.29) is 0 Å². The first-order chi connectivity index (χ1) is 13.2. The molecule has 0 unspecified atom stereocenters. The highest BCUT2D eigenvalue weighted by atomic mass is 16.5. The summed E-state index contributed by atoms with van der Waals surface area (Å²) in [5.41, 5.74) is 5.48. The zero-order valence-electron chi connectivity index (χ0n) is 15.7. The average Bonchev–Trinajstić information content (AvgIpc) is 3.14. The Morgan fingerprint density at radius 2 is 1.07 bits per heavy atom. The third kappa shape index (κ3) is 3.34. The lowest BCUT2D eigenvalue weighted by Crippen LogP contribution is -2.00. The molecule has 3 aromatic carbocycles. The van der Waals surface area contributed by atoms with Crippen LogP contribution < -0.4 is 4.74 Å². The third-order valence-electron chi connectivity index (χ3n) is 4.61. The standard InChI is InChI=1S/C23H21N3O/c1-16-4-8-18(9-5-16)22-24-25-23(19-10-6-17(2)7-11-19)26(22)20-12-14-21(27-3)15-13-20/h4-15H,1-3H3. The van der Waals surface area contributed by atoms with Crippen LogP contribution in [-0.2, 0) is 0 Å². The molecule has 1 heterocycles. The molecule has 1 aromatic heterocycles. The fourth-order valence-electron chi connectivity index (χ4n) is 3.04. The van der Waals surface area contributed by atoms with Crippen LogP contribution >= 0.6 is 0 Å². The van der Waals surface area contributed by atoms with E-state index in [0.29, 0.717) is 0 Å². The van der Waals surface area contributed by atoms with Gasteiger partial charge in [0.05, 0.1) is 7.11 Å². The number of methoxy groups -OCH3 is 1. The Balaban J connectivity index is 1.91.